The number of carbonyl (C=O) groups is 1. The molecule has 2 aromatic rings. The van der Waals surface area contributed by atoms with Crippen LogP contribution in [0.15, 0.2) is 18.2 Å². The highest BCUT2D eigenvalue weighted by Gasteiger charge is 2.40. The third kappa shape index (κ3) is 2.85. The van der Waals surface area contributed by atoms with Gasteiger partial charge in [-0.25, -0.2) is 0 Å². The Balaban J connectivity index is 1.63. The maximum Gasteiger partial charge on any atom is 0.254 e. The zero-order chi connectivity index (χ0) is 17.6. The number of hydrogen-bond acceptors (Lipinski definition) is 3. The molecule has 2 fully saturated rings. The van der Waals surface area contributed by atoms with Crippen molar-refractivity contribution in [3.63, 3.8) is 0 Å². The summed E-state index contributed by atoms with van der Waals surface area (Å²) in [5.41, 5.74) is 4.21. The van der Waals surface area contributed by atoms with Gasteiger partial charge in [0.15, 0.2) is 0 Å². The lowest BCUT2D eigenvalue weighted by molar-refractivity contribution is -0.101. The molecule has 1 aromatic heterocycles. The third-order valence-electron chi connectivity index (χ3n) is 5.92. The number of H-pyrrole nitrogens is 1. The summed E-state index contributed by atoms with van der Waals surface area (Å²) >= 11 is 0. The maximum absolute atomic E-state index is 13.2. The number of aromatic amines is 1. The number of benzene rings is 1. The smallest absolute Gasteiger partial charge is 0.254 e. The van der Waals surface area contributed by atoms with Crippen molar-refractivity contribution in [1.82, 2.24) is 9.88 Å². The van der Waals surface area contributed by atoms with Gasteiger partial charge in [-0.15, -0.1) is 0 Å². The zero-order valence-corrected chi connectivity index (χ0v) is 15.2. The first kappa shape index (κ1) is 16.6. The highest BCUT2D eigenvalue weighted by Crippen LogP contribution is 2.31. The molecule has 1 saturated heterocycles. The molecule has 2 heterocycles. The van der Waals surface area contributed by atoms with Gasteiger partial charge in [-0.1, -0.05) is 0 Å². The van der Waals surface area contributed by atoms with Gasteiger partial charge < -0.3 is 19.4 Å². The van der Waals surface area contributed by atoms with Crippen molar-refractivity contribution >= 4 is 16.8 Å². The van der Waals surface area contributed by atoms with Crippen LogP contribution in [-0.4, -0.2) is 54.3 Å². The van der Waals surface area contributed by atoms with E-state index >= 15 is 0 Å². The topological polar surface area (TPSA) is 54.6 Å². The van der Waals surface area contributed by atoms with E-state index < -0.39 is 0 Å². The lowest BCUT2D eigenvalue weighted by Crippen LogP contribution is -2.56. The van der Waals surface area contributed by atoms with E-state index in [0.29, 0.717) is 13.2 Å². The monoisotopic (exact) mass is 342 g/mol. The number of nitrogens with one attached hydrogen (secondary N) is 1. The van der Waals surface area contributed by atoms with Gasteiger partial charge in [-0.3, -0.25) is 4.79 Å². The molecule has 0 spiro atoms. The van der Waals surface area contributed by atoms with Crippen LogP contribution >= 0.6 is 0 Å². The first-order valence-electron chi connectivity index (χ1n) is 9.12. The van der Waals surface area contributed by atoms with Crippen LogP contribution in [0.2, 0.25) is 0 Å². The Kier molecular flexibility index (Phi) is 4.29. The number of rotatable bonds is 2. The standard InChI is InChI=1S/C20H26N2O3/c1-12-13(2)21-17-6-4-14(10-16(12)17)20(23)22-8-9-25-19-7-5-15(24-3)11-18(19)22/h4,6,10,15,18-19,21H,5,7-9,11H2,1-3H3. The molecule has 1 amide bonds. The fourth-order valence-corrected chi connectivity index (χ4v) is 4.30. The minimum absolute atomic E-state index is 0.107. The molecule has 2 aliphatic rings. The molecule has 25 heavy (non-hydrogen) atoms. The van der Waals surface area contributed by atoms with Crippen LogP contribution in [0, 0.1) is 13.8 Å². The molecule has 1 aliphatic heterocycles. The van der Waals surface area contributed by atoms with Crippen molar-refractivity contribution in [2.24, 2.45) is 0 Å². The fraction of sp³-hybridized carbons (Fsp3) is 0.550. The van der Waals surface area contributed by atoms with Gasteiger partial charge in [0.25, 0.3) is 5.91 Å². The number of hydrogen-bond donors (Lipinski definition) is 1. The predicted octanol–water partition coefficient (Wildman–Crippen LogP) is 3.19. The van der Waals surface area contributed by atoms with Crippen LogP contribution in [0.25, 0.3) is 10.9 Å². The molecular formula is C20H26N2O3. The Morgan fingerprint density at radius 2 is 2.16 bits per heavy atom. The largest absolute Gasteiger partial charge is 0.381 e. The maximum atomic E-state index is 13.2. The molecule has 1 aliphatic carbocycles. The van der Waals surface area contributed by atoms with E-state index in [1.807, 2.05) is 23.1 Å². The van der Waals surface area contributed by atoms with Crippen molar-refractivity contribution in [2.75, 3.05) is 20.3 Å². The molecule has 0 radical (unpaired) electrons. The predicted molar refractivity (Wildman–Crippen MR) is 97.0 cm³/mol. The van der Waals surface area contributed by atoms with E-state index in [-0.39, 0.29) is 24.2 Å². The molecule has 134 valence electrons. The van der Waals surface area contributed by atoms with E-state index in [1.165, 1.54) is 5.56 Å². The van der Waals surface area contributed by atoms with E-state index in [0.717, 1.165) is 41.4 Å². The molecule has 1 aromatic carbocycles. The number of ether oxygens (including phenoxy) is 2. The van der Waals surface area contributed by atoms with Crippen LogP contribution in [0.4, 0.5) is 0 Å². The summed E-state index contributed by atoms with van der Waals surface area (Å²) in [5, 5.41) is 1.13. The van der Waals surface area contributed by atoms with Crippen molar-refractivity contribution in [2.45, 2.75) is 51.4 Å². The van der Waals surface area contributed by atoms with Crippen molar-refractivity contribution < 1.29 is 14.3 Å². The van der Waals surface area contributed by atoms with Gasteiger partial charge in [-0.2, -0.15) is 0 Å². The number of aromatic nitrogens is 1. The van der Waals surface area contributed by atoms with Crippen molar-refractivity contribution in [3.8, 4) is 0 Å². The Hall–Kier alpha value is -1.85. The highest BCUT2D eigenvalue weighted by atomic mass is 16.5. The molecular weight excluding hydrogens is 316 g/mol. The highest BCUT2D eigenvalue weighted by molar-refractivity contribution is 5.99. The van der Waals surface area contributed by atoms with Crippen LogP contribution in [-0.2, 0) is 9.47 Å². The molecule has 1 N–H and O–H groups in total. The molecule has 1 saturated carbocycles. The second-order valence-corrected chi connectivity index (χ2v) is 7.28. The lowest BCUT2D eigenvalue weighted by atomic mass is 9.87. The van der Waals surface area contributed by atoms with Crippen LogP contribution in [0.1, 0.15) is 40.9 Å². The summed E-state index contributed by atoms with van der Waals surface area (Å²) < 4.78 is 11.5. The van der Waals surface area contributed by atoms with E-state index in [4.69, 9.17) is 9.47 Å². The average Bonchev–Trinajstić information content (AvgIpc) is 2.93. The molecule has 3 atom stereocenters. The summed E-state index contributed by atoms with van der Waals surface area (Å²) in [6.07, 6.45) is 3.19. The Labute approximate surface area is 148 Å². The summed E-state index contributed by atoms with van der Waals surface area (Å²) in [7, 11) is 1.76. The van der Waals surface area contributed by atoms with Crippen molar-refractivity contribution in [3.05, 3.63) is 35.0 Å². The zero-order valence-electron chi connectivity index (χ0n) is 15.2. The first-order chi connectivity index (χ1) is 12.1. The summed E-state index contributed by atoms with van der Waals surface area (Å²) in [4.78, 5) is 18.6. The van der Waals surface area contributed by atoms with E-state index in [2.05, 4.69) is 18.8 Å². The Morgan fingerprint density at radius 1 is 1.32 bits per heavy atom. The van der Waals surface area contributed by atoms with Crippen LogP contribution < -0.4 is 0 Å². The number of methoxy groups -OCH3 is 1. The second-order valence-electron chi connectivity index (χ2n) is 7.28. The number of morpholine rings is 1. The van der Waals surface area contributed by atoms with E-state index in [9.17, 15) is 4.79 Å². The SMILES string of the molecule is COC1CCC2OCCN(C(=O)c3ccc4[nH]c(C)c(C)c4c3)C2C1. The minimum atomic E-state index is 0.107. The average molecular weight is 342 g/mol. The van der Waals surface area contributed by atoms with Gasteiger partial charge in [-0.05, 0) is 56.9 Å². The minimum Gasteiger partial charge on any atom is -0.381 e. The first-order valence-corrected chi connectivity index (χ1v) is 9.12. The van der Waals surface area contributed by atoms with E-state index in [1.54, 1.807) is 7.11 Å². The fourth-order valence-electron chi connectivity index (χ4n) is 4.30. The van der Waals surface area contributed by atoms with Gasteiger partial charge in [0.05, 0.1) is 24.9 Å². The lowest BCUT2D eigenvalue weighted by Gasteiger charge is -2.45. The van der Waals surface area contributed by atoms with Crippen LogP contribution in [0.3, 0.4) is 0 Å². The summed E-state index contributed by atoms with van der Waals surface area (Å²) in [5.74, 6) is 0.107. The number of nitrogens with zero attached hydrogens (tertiary/aromatic N) is 1. The normalized spacial score (nSPS) is 26.7. The molecule has 5 nitrogen and oxygen atoms in total. The quantitative estimate of drug-likeness (QED) is 0.912. The Morgan fingerprint density at radius 3 is 2.96 bits per heavy atom. The molecule has 4 rings (SSSR count). The molecule has 3 unspecified atom stereocenters. The van der Waals surface area contributed by atoms with Gasteiger partial charge in [0, 0.05) is 35.8 Å². The number of carbonyl (C=O) groups excluding carboxylic acids is 1. The number of amides is 1. The molecule has 0 bridgehead atoms. The third-order valence-corrected chi connectivity index (χ3v) is 5.92. The Bertz CT molecular complexity index is 798. The summed E-state index contributed by atoms with van der Waals surface area (Å²) in [6.45, 7) is 5.43. The molecule has 5 heteroatoms. The van der Waals surface area contributed by atoms with Crippen molar-refractivity contribution in [1.29, 1.82) is 0 Å². The number of fused-ring (bicyclic) bond motifs is 2. The number of aryl methyl sites for hydroxylation is 2. The van der Waals surface area contributed by atoms with Gasteiger partial charge in [0.1, 0.15) is 0 Å². The second kappa shape index (κ2) is 6.46. The van der Waals surface area contributed by atoms with Gasteiger partial charge >= 0.3 is 0 Å². The van der Waals surface area contributed by atoms with Gasteiger partial charge in [0.2, 0.25) is 0 Å². The van der Waals surface area contributed by atoms with Crippen LogP contribution in [0.5, 0.6) is 0 Å². The summed E-state index contributed by atoms with van der Waals surface area (Å²) in [6, 6.07) is 6.09.